The van der Waals surface area contributed by atoms with E-state index in [2.05, 4.69) is 57.3 Å². The van der Waals surface area contributed by atoms with Crippen LogP contribution in [-0.4, -0.2) is 9.55 Å². The fourth-order valence-electron chi connectivity index (χ4n) is 2.54. The lowest BCUT2D eigenvalue weighted by Crippen LogP contribution is -2.09. The first kappa shape index (κ1) is 15.1. The quantitative estimate of drug-likeness (QED) is 0.388. The van der Waals surface area contributed by atoms with Gasteiger partial charge in [-0.2, -0.15) is 0 Å². The molecule has 3 aromatic rings. The molecule has 0 amide bonds. The average molecular weight is 431 g/mol. The van der Waals surface area contributed by atoms with Crippen LogP contribution in [0.3, 0.4) is 0 Å². The highest BCUT2D eigenvalue weighted by molar-refractivity contribution is 14.1. The minimum atomic E-state index is 0.154. The second-order valence-electron chi connectivity index (χ2n) is 4.89. The van der Waals surface area contributed by atoms with E-state index in [-0.39, 0.29) is 6.04 Å². The number of hydrogen-bond acceptors (Lipinski definition) is 1. The normalized spacial score (nSPS) is 12.8. The van der Waals surface area contributed by atoms with Crippen molar-refractivity contribution in [1.29, 1.82) is 0 Å². The summed E-state index contributed by atoms with van der Waals surface area (Å²) in [4.78, 5) is 4.66. The van der Waals surface area contributed by atoms with Gasteiger partial charge in [0, 0.05) is 8.59 Å². The van der Waals surface area contributed by atoms with Crippen molar-refractivity contribution >= 4 is 56.8 Å². The number of rotatable bonds is 3. The summed E-state index contributed by atoms with van der Waals surface area (Å²) in [7, 11) is 0. The molecule has 0 N–H and O–H groups in total. The predicted octanol–water partition coefficient (Wildman–Crippen LogP) is 5.64. The third-order valence-electron chi connectivity index (χ3n) is 3.58. The molecule has 0 fully saturated rings. The maximum Gasteiger partial charge on any atom is 0.125 e. The Morgan fingerprint density at radius 3 is 2.57 bits per heavy atom. The maximum absolute atomic E-state index is 6.09. The summed E-state index contributed by atoms with van der Waals surface area (Å²) in [5.41, 5.74) is 3.27. The van der Waals surface area contributed by atoms with E-state index in [4.69, 9.17) is 23.2 Å². The van der Waals surface area contributed by atoms with E-state index in [0.717, 1.165) is 21.9 Å². The van der Waals surface area contributed by atoms with Crippen molar-refractivity contribution in [3.05, 3.63) is 62.4 Å². The van der Waals surface area contributed by atoms with Crippen LogP contribution in [0.25, 0.3) is 11.0 Å². The van der Waals surface area contributed by atoms with Crippen LogP contribution in [0.15, 0.2) is 42.5 Å². The van der Waals surface area contributed by atoms with Gasteiger partial charge < -0.3 is 4.57 Å². The van der Waals surface area contributed by atoms with Crippen molar-refractivity contribution < 1.29 is 0 Å². The summed E-state index contributed by atoms with van der Waals surface area (Å²) >= 11 is 14.4. The van der Waals surface area contributed by atoms with Crippen LogP contribution in [0.5, 0.6) is 0 Å². The van der Waals surface area contributed by atoms with Gasteiger partial charge in [0.2, 0.25) is 0 Å². The van der Waals surface area contributed by atoms with Crippen molar-refractivity contribution in [3.63, 3.8) is 0 Å². The van der Waals surface area contributed by atoms with Gasteiger partial charge in [0.1, 0.15) is 5.82 Å². The molecule has 0 aliphatic carbocycles. The molecule has 3 rings (SSSR count). The summed E-state index contributed by atoms with van der Waals surface area (Å²) in [6, 6.07) is 14.3. The molecule has 2 aromatic carbocycles. The molecule has 0 saturated carbocycles. The molecule has 1 unspecified atom stereocenters. The van der Waals surface area contributed by atoms with Crippen LogP contribution in [0.4, 0.5) is 0 Å². The first-order valence-electron chi connectivity index (χ1n) is 6.58. The fourth-order valence-corrected chi connectivity index (χ4v) is 3.33. The van der Waals surface area contributed by atoms with Crippen LogP contribution >= 0.6 is 45.8 Å². The molecule has 1 atom stereocenters. The van der Waals surface area contributed by atoms with Gasteiger partial charge in [0.05, 0.1) is 23.0 Å². The second-order valence-corrected chi connectivity index (χ2v) is 6.84. The summed E-state index contributed by atoms with van der Waals surface area (Å²) in [6.45, 7) is 2.15. The van der Waals surface area contributed by atoms with Crippen molar-refractivity contribution in [2.45, 2.75) is 18.8 Å². The van der Waals surface area contributed by atoms with Gasteiger partial charge in [-0.3, -0.25) is 0 Å². The number of nitrogens with zero attached hydrogens (tertiary/aromatic N) is 2. The zero-order valence-corrected chi connectivity index (χ0v) is 15.0. The topological polar surface area (TPSA) is 17.8 Å². The van der Waals surface area contributed by atoms with Crippen LogP contribution in [0.2, 0.25) is 5.02 Å². The minimum Gasteiger partial charge on any atom is -0.320 e. The van der Waals surface area contributed by atoms with Crippen molar-refractivity contribution in [3.8, 4) is 0 Å². The Balaban J connectivity index is 2.16. The molecule has 0 aliphatic heterocycles. The van der Waals surface area contributed by atoms with Gasteiger partial charge in [0.15, 0.2) is 0 Å². The number of halogens is 3. The lowest BCUT2D eigenvalue weighted by atomic mass is 10.1. The van der Waals surface area contributed by atoms with E-state index in [1.807, 2.05) is 24.3 Å². The van der Waals surface area contributed by atoms with E-state index in [1.54, 1.807) is 0 Å². The zero-order chi connectivity index (χ0) is 15.0. The fraction of sp³-hybridized carbons (Fsp3) is 0.188. The lowest BCUT2D eigenvalue weighted by molar-refractivity contribution is 0.634. The molecular weight excluding hydrogens is 418 g/mol. The Kier molecular flexibility index (Phi) is 4.43. The van der Waals surface area contributed by atoms with Crippen LogP contribution in [-0.2, 0) is 5.88 Å². The van der Waals surface area contributed by atoms with Gasteiger partial charge in [-0.25, -0.2) is 4.98 Å². The van der Waals surface area contributed by atoms with Crippen molar-refractivity contribution in [2.75, 3.05) is 0 Å². The number of hydrogen-bond donors (Lipinski definition) is 0. The number of aromatic nitrogens is 2. The average Bonchev–Trinajstić information content (AvgIpc) is 2.84. The predicted molar refractivity (Wildman–Crippen MR) is 97.3 cm³/mol. The number of benzene rings is 2. The Bertz CT molecular complexity index is 781. The van der Waals surface area contributed by atoms with Gasteiger partial charge in [-0.1, -0.05) is 23.7 Å². The largest absolute Gasteiger partial charge is 0.320 e. The molecule has 1 aromatic heterocycles. The molecule has 108 valence electrons. The Hall–Kier alpha value is -0.780. The summed E-state index contributed by atoms with van der Waals surface area (Å²) < 4.78 is 3.37. The standard InChI is InChI=1S/C16H13Cl2IN2/c1-10(11-2-4-12(18)5-3-11)21-15-7-6-13(19)8-14(15)20-16(21)9-17/h2-8,10H,9H2,1H3. The first-order chi connectivity index (χ1) is 10.1. The van der Waals surface area contributed by atoms with Crippen molar-refractivity contribution in [1.82, 2.24) is 9.55 Å². The van der Waals surface area contributed by atoms with Crippen LogP contribution in [0.1, 0.15) is 24.4 Å². The van der Waals surface area contributed by atoms with E-state index in [0.29, 0.717) is 5.88 Å². The lowest BCUT2D eigenvalue weighted by Gasteiger charge is -2.17. The second kappa shape index (κ2) is 6.15. The summed E-state index contributed by atoms with van der Waals surface area (Å²) in [5.74, 6) is 1.28. The Morgan fingerprint density at radius 1 is 1.19 bits per heavy atom. The highest BCUT2D eigenvalue weighted by atomic mass is 127. The Morgan fingerprint density at radius 2 is 1.90 bits per heavy atom. The van der Waals surface area contributed by atoms with Crippen LogP contribution < -0.4 is 0 Å². The molecule has 0 saturated heterocycles. The highest BCUT2D eigenvalue weighted by Gasteiger charge is 2.16. The Labute approximate surface area is 147 Å². The van der Waals surface area contributed by atoms with Gasteiger partial charge in [-0.05, 0) is 65.4 Å². The van der Waals surface area contributed by atoms with E-state index in [1.165, 1.54) is 9.13 Å². The highest BCUT2D eigenvalue weighted by Crippen LogP contribution is 2.28. The zero-order valence-electron chi connectivity index (χ0n) is 11.4. The van der Waals surface area contributed by atoms with Crippen LogP contribution in [0, 0.1) is 3.57 Å². The smallest absolute Gasteiger partial charge is 0.125 e. The molecular formula is C16H13Cl2IN2. The number of imidazole rings is 1. The van der Waals surface area contributed by atoms with E-state index >= 15 is 0 Å². The molecule has 5 heteroatoms. The number of fused-ring (bicyclic) bond motifs is 1. The van der Waals surface area contributed by atoms with E-state index in [9.17, 15) is 0 Å². The minimum absolute atomic E-state index is 0.154. The van der Waals surface area contributed by atoms with Gasteiger partial charge in [-0.15, -0.1) is 11.6 Å². The molecule has 0 spiro atoms. The monoisotopic (exact) mass is 430 g/mol. The SMILES string of the molecule is CC(c1ccc(Cl)cc1)n1c(CCl)nc2cc(I)ccc21. The molecule has 0 radical (unpaired) electrons. The summed E-state index contributed by atoms with van der Waals surface area (Å²) in [5, 5.41) is 0.744. The number of alkyl halides is 1. The third-order valence-corrected chi connectivity index (χ3v) is 4.75. The van der Waals surface area contributed by atoms with Gasteiger partial charge >= 0.3 is 0 Å². The molecule has 1 heterocycles. The maximum atomic E-state index is 6.09. The summed E-state index contributed by atoms with van der Waals surface area (Å²) in [6.07, 6.45) is 0. The van der Waals surface area contributed by atoms with Gasteiger partial charge in [0.25, 0.3) is 0 Å². The molecule has 21 heavy (non-hydrogen) atoms. The first-order valence-corrected chi connectivity index (χ1v) is 8.57. The third kappa shape index (κ3) is 2.91. The molecule has 0 aliphatic rings. The van der Waals surface area contributed by atoms with E-state index < -0.39 is 0 Å². The molecule has 0 bridgehead atoms. The molecule has 2 nitrogen and oxygen atoms in total. The van der Waals surface area contributed by atoms with Crippen molar-refractivity contribution in [2.24, 2.45) is 0 Å².